The number of piperidine rings is 1. The Labute approximate surface area is 512 Å². The Morgan fingerprint density at radius 2 is 1.43 bits per heavy atom. The third kappa shape index (κ3) is 14.7. The third-order valence-electron chi connectivity index (χ3n) is 17.3. The first-order valence-corrected chi connectivity index (χ1v) is 31.9. The molecule has 1 saturated carbocycles. The number of aromatic nitrogens is 4. The lowest BCUT2D eigenvalue weighted by atomic mass is 9.66. The molecule has 9 rings (SSSR count). The third-order valence-corrected chi connectivity index (χ3v) is 19.7. The summed E-state index contributed by atoms with van der Waals surface area (Å²) in [6.45, 7) is 14.0. The van der Waals surface area contributed by atoms with Gasteiger partial charge in [-0.3, -0.25) is 33.3 Å². The standard InChI is InChI=1S/C62H78Cl2N10O11S/c1-40-49-38-66-60(68-57(49)73(46-12-7-8-13-46)58(80)55(40)41(2)75)67-51-19-18-47(37-65-51)69-22-24-70(25-23-69)52(76)20-30-84-32-33-85-31-21-53(77)71-26-28-72(29-27-71)86(82,83)39-50(61(3,4)5)74-56(42-14-16-44(63)17-15-42)48(43-10-9-11-45(64)34-43)35-62(6,59(74)81)36-54(78)79/h9-11,14-19,34,37-38,46,48,50,56H,7-8,12-13,20-33,35-36,39H2,1-6H3,(H,78,79)(H,65,66,67,68)/t48-,50-,56-,62-/m1/s1. The fourth-order valence-electron chi connectivity index (χ4n) is 12.7. The number of piperazine rings is 2. The van der Waals surface area contributed by atoms with Gasteiger partial charge in [-0.2, -0.15) is 9.29 Å². The van der Waals surface area contributed by atoms with Crippen molar-refractivity contribution in [2.24, 2.45) is 10.8 Å². The number of anilines is 3. The Morgan fingerprint density at radius 1 is 0.802 bits per heavy atom. The van der Waals surface area contributed by atoms with E-state index in [0.717, 1.165) is 42.5 Å². The number of halogens is 2. The van der Waals surface area contributed by atoms with Crippen LogP contribution in [0.3, 0.4) is 0 Å². The number of amides is 3. The van der Waals surface area contributed by atoms with E-state index in [0.29, 0.717) is 58.6 Å². The number of likely N-dealkylation sites (tertiary alicyclic amines) is 1. The number of carbonyl (C=O) groups is 5. The summed E-state index contributed by atoms with van der Waals surface area (Å²) >= 11 is 12.9. The maximum absolute atomic E-state index is 15.1. The summed E-state index contributed by atoms with van der Waals surface area (Å²) in [4.78, 5) is 101. The zero-order chi connectivity index (χ0) is 61.7. The number of carboxylic acids is 1. The highest BCUT2D eigenvalue weighted by Crippen LogP contribution is 2.53. The first kappa shape index (κ1) is 63.9. The van der Waals surface area contributed by atoms with Crippen LogP contribution in [0.2, 0.25) is 10.0 Å². The van der Waals surface area contributed by atoms with Gasteiger partial charge in [0.25, 0.3) is 5.56 Å². The van der Waals surface area contributed by atoms with Crippen LogP contribution in [-0.2, 0) is 38.7 Å². The quantitative estimate of drug-likeness (QED) is 0.0487. The van der Waals surface area contributed by atoms with Crippen molar-refractivity contribution >= 4 is 91.2 Å². The molecule has 3 amide bonds. The monoisotopic (exact) mass is 1240 g/mol. The van der Waals surface area contributed by atoms with Crippen molar-refractivity contribution in [1.82, 2.24) is 38.5 Å². The van der Waals surface area contributed by atoms with E-state index in [1.54, 1.807) is 58.8 Å². The van der Waals surface area contributed by atoms with Crippen LogP contribution in [0.5, 0.6) is 0 Å². The number of Topliss-reactive ketones (excluding diaryl/α,β-unsaturated/α-hetero) is 1. The zero-order valence-corrected chi connectivity index (χ0v) is 52.1. The molecule has 0 spiro atoms. The van der Waals surface area contributed by atoms with Crippen molar-refractivity contribution in [2.45, 2.75) is 117 Å². The molecule has 3 aromatic heterocycles. The van der Waals surface area contributed by atoms with E-state index in [1.165, 1.54) is 11.2 Å². The molecule has 2 aromatic carbocycles. The van der Waals surface area contributed by atoms with Gasteiger partial charge in [-0.1, -0.05) is 88.0 Å². The Balaban J connectivity index is 0.699. The average Bonchev–Trinajstić information content (AvgIpc) is 1.04. The van der Waals surface area contributed by atoms with Crippen molar-refractivity contribution in [3.8, 4) is 0 Å². The second kappa shape index (κ2) is 27.2. The molecule has 0 bridgehead atoms. The summed E-state index contributed by atoms with van der Waals surface area (Å²) in [7, 11) is -4.07. The van der Waals surface area contributed by atoms with Gasteiger partial charge in [-0.15, -0.1) is 0 Å². The number of sulfonamides is 1. The molecule has 24 heteroatoms. The maximum Gasteiger partial charge on any atom is 0.304 e. The normalized spacial score (nSPS) is 20.4. The summed E-state index contributed by atoms with van der Waals surface area (Å²) < 4.78 is 43.7. The number of hydrogen-bond donors (Lipinski definition) is 2. The molecule has 21 nitrogen and oxygen atoms in total. The molecule has 4 aliphatic rings. The van der Waals surface area contributed by atoms with Gasteiger partial charge in [0.15, 0.2) is 5.78 Å². The minimum Gasteiger partial charge on any atom is -0.481 e. The smallest absolute Gasteiger partial charge is 0.304 e. The van der Waals surface area contributed by atoms with E-state index in [1.807, 2.05) is 68.1 Å². The lowest BCUT2D eigenvalue weighted by Gasteiger charge is -2.54. The predicted molar refractivity (Wildman–Crippen MR) is 329 cm³/mol. The molecule has 0 unspecified atom stereocenters. The first-order chi connectivity index (χ1) is 40.9. The minimum absolute atomic E-state index is 0.0132. The van der Waals surface area contributed by atoms with Gasteiger partial charge in [0.05, 0.1) is 86.4 Å². The molecule has 3 aliphatic heterocycles. The Morgan fingerprint density at radius 3 is 2.00 bits per heavy atom. The van der Waals surface area contributed by atoms with Crippen molar-refractivity contribution in [1.29, 1.82) is 0 Å². The summed E-state index contributed by atoms with van der Waals surface area (Å²) in [5.41, 5.74) is 1.17. The van der Waals surface area contributed by atoms with Crippen LogP contribution in [0.25, 0.3) is 11.0 Å². The number of benzene rings is 2. The lowest BCUT2D eigenvalue weighted by Crippen LogP contribution is -2.61. The molecule has 86 heavy (non-hydrogen) atoms. The van der Waals surface area contributed by atoms with E-state index in [9.17, 15) is 37.5 Å². The Hall–Kier alpha value is -6.56. The topological polar surface area (TPSA) is 247 Å². The number of rotatable bonds is 22. The van der Waals surface area contributed by atoms with Crippen molar-refractivity contribution < 1.29 is 47.0 Å². The van der Waals surface area contributed by atoms with E-state index < -0.39 is 62.9 Å². The lowest BCUT2D eigenvalue weighted by molar-refractivity contribution is -0.162. The fraction of sp³-hybridized carbons (Fsp3) is 0.532. The van der Waals surface area contributed by atoms with Crippen molar-refractivity contribution in [2.75, 3.05) is 94.8 Å². The van der Waals surface area contributed by atoms with Gasteiger partial charge in [-0.05, 0) is 91.6 Å². The van der Waals surface area contributed by atoms with Crippen molar-refractivity contribution in [3.63, 3.8) is 0 Å². The number of ketones is 1. The second-order valence-corrected chi connectivity index (χ2v) is 27.3. The number of pyridine rings is 2. The number of fused-ring (bicyclic) bond motifs is 1. The van der Waals surface area contributed by atoms with Crippen LogP contribution in [0.1, 0.15) is 131 Å². The van der Waals surface area contributed by atoms with Gasteiger partial charge < -0.3 is 39.5 Å². The van der Waals surface area contributed by atoms with Crippen LogP contribution in [-0.4, -0.2) is 172 Å². The molecular formula is C62H78Cl2N10O11S. The van der Waals surface area contributed by atoms with Gasteiger partial charge >= 0.3 is 5.97 Å². The van der Waals surface area contributed by atoms with Gasteiger partial charge in [0.2, 0.25) is 33.7 Å². The van der Waals surface area contributed by atoms with Crippen LogP contribution in [0.4, 0.5) is 17.5 Å². The Kier molecular flexibility index (Phi) is 20.2. The number of aryl methyl sites for hydroxylation is 1. The summed E-state index contributed by atoms with van der Waals surface area (Å²) in [5.74, 6) is -2.14. The first-order valence-electron chi connectivity index (χ1n) is 29.6. The van der Waals surface area contributed by atoms with Crippen LogP contribution in [0, 0.1) is 17.8 Å². The van der Waals surface area contributed by atoms with Gasteiger partial charge in [-0.25, -0.2) is 18.4 Å². The summed E-state index contributed by atoms with van der Waals surface area (Å²) in [5, 5.41) is 14.9. The molecule has 4 fully saturated rings. The highest BCUT2D eigenvalue weighted by molar-refractivity contribution is 7.89. The zero-order valence-electron chi connectivity index (χ0n) is 49.8. The number of nitrogens with one attached hydrogen (secondary N) is 1. The molecule has 0 radical (unpaired) electrons. The molecule has 4 atom stereocenters. The van der Waals surface area contributed by atoms with E-state index >= 15 is 4.79 Å². The second-order valence-electron chi connectivity index (χ2n) is 24.4. The van der Waals surface area contributed by atoms with Crippen LogP contribution >= 0.6 is 23.2 Å². The van der Waals surface area contributed by atoms with Crippen molar-refractivity contribution in [3.05, 3.63) is 116 Å². The average molecular weight is 1240 g/mol. The number of hydrogen-bond acceptors (Lipinski definition) is 15. The Bertz CT molecular complexity index is 3470. The number of carbonyl (C=O) groups excluding carboxylic acids is 4. The van der Waals surface area contributed by atoms with E-state index in [2.05, 4.69) is 20.2 Å². The number of aliphatic carboxylic acids is 1. The van der Waals surface area contributed by atoms with Gasteiger partial charge in [0, 0.05) is 85.9 Å². The number of carboxylic acid groups (broad SMARTS) is 1. The highest BCUT2D eigenvalue weighted by Gasteiger charge is 2.55. The maximum atomic E-state index is 15.1. The molecule has 462 valence electrons. The van der Waals surface area contributed by atoms with E-state index in [4.69, 9.17) is 37.7 Å². The SMILES string of the molecule is CC(=O)c1c(C)c2cnc(Nc3ccc(N4CCN(C(=O)CCOCCOCCC(=O)N5CCN(S(=O)(=O)C[C@@H](N6C(=O)[C@@](C)(CC(=O)O)C[C@H](c7cccc(Cl)c7)[C@H]6c6ccc(Cl)cc6)C(C)(C)C)CC5)CC4)cn3)nc2n(C2CCCC2)c1=O. The van der Waals surface area contributed by atoms with Gasteiger partial charge in [0.1, 0.15) is 11.5 Å². The minimum atomic E-state index is -4.07. The summed E-state index contributed by atoms with van der Waals surface area (Å²) in [6.07, 6.45) is 7.14. The fourth-order valence-corrected chi connectivity index (χ4v) is 15.0. The van der Waals surface area contributed by atoms with Crippen LogP contribution in [0.15, 0.2) is 77.9 Å². The predicted octanol–water partition coefficient (Wildman–Crippen LogP) is 8.45. The summed E-state index contributed by atoms with van der Waals surface area (Å²) in [6, 6.07) is 16.5. The number of nitrogens with zero attached hydrogens (tertiary/aromatic N) is 9. The molecule has 5 aromatic rings. The molecule has 6 heterocycles. The van der Waals surface area contributed by atoms with Crippen LogP contribution < -0.4 is 15.8 Å². The molecule has 3 saturated heterocycles. The largest absolute Gasteiger partial charge is 0.481 e. The molecule has 1 aliphatic carbocycles. The van der Waals surface area contributed by atoms with E-state index in [-0.39, 0.29) is 113 Å². The number of ether oxygens (including phenoxy) is 2. The molecular weight excluding hydrogens is 1160 g/mol. The molecule has 2 N–H and O–H groups in total. The highest BCUT2D eigenvalue weighted by atomic mass is 35.5.